The van der Waals surface area contributed by atoms with Crippen molar-refractivity contribution in [1.82, 2.24) is 9.97 Å². The standard InChI is InChI=1S/C20H24N2O2/c1-13-4-7-16(8-5-13)17-11-21-19(22-12-17)20(23)24-18-9-6-14(2)15(3)10-18/h6,9-13,16H,4-5,7-8H2,1-3H3. The van der Waals surface area contributed by atoms with Gasteiger partial charge in [0.25, 0.3) is 0 Å². The van der Waals surface area contributed by atoms with Crippen molar-refractivity contribution in [3.05, 3.63) is 53.1 Å². The van der Waals surface area contributed by atoms with Gasteiger partial charge >= 0.3 is 5.97 Å². The zero-order valence-electron chi connectivity index (χ0n) is 14.6. The van der Waals surface area contributed by atoms with Gasteiger partial charge < -0.3 is 4.74 Å². The summed E-state index contributed by atoms with van der Waals surface area (Å²) in [5, 5.41) is 0. The summed E-state index contributed by atoms with van der Waals surface area (Å²) in [7, 11) is 0. The lowest BCUT2D eigenvalue weighted by atomic mass is 9.80. The molecule has 4 nitrogen and oxygen atoms in total. The molecule has 4 heteroatoms. The van der Waals surface area contributed by atoms with Gasteiger partial charge in [0.05, 0.1) is 0 Å². The number of carbonyl (C=O) groups excluding carboxylic acids is 1. The fraction of sp³-hybridized carbons (Fsp3) is 0.450. The first kappa shape index (κ1) is 16.6. The summed E-state index contributed by atoms with van der Waals surface area (Å²) in [6.45, 7) is 6.32. The van der Waals surface area contributed by atoms with Crippen LogP contribution in [0.4, 0.5) is 0 Å². The van der Waals surface area contributed by atoms with E-state index in [4.69, 9.17) is 4.74 Å². The summed E-state index contributed by atoms with van der Waals surface area (Å²) in [5.41, 5.74) is 3.38. The zero-order chi connectivity index (χ0) is 17.1. The summed E-state index contributed by atoms with van der Waals surface area (Å²) in [4.78, 5) is 20.6. The number of aryl methyl sites for hydroxylation is 2. The van der Waals surface area contributed by atoms with E-state index in [0.717, 1.165) is 22.6 Å². The maximum atomic E-state index is 12.2. The maximum Gasteiger partial charge on any atom is 0.381 e. The van der Waals surface area contributed by atoms with Gasteiger partial charge in [0, 0.05) is 12.4 Å². The number of hydrogen-bond donors (Lipinski definition) is 0. The average Bonchev–Trinajstić information content (AvgIpc) is 2.59. The van der Waals surface area contributed by atoms with Crippen LogP contribution < -0.4 is 4.74 Å². The molecule has 1 heterocycles. The van der Waals surface area contributed by atoms with Gasteiger partial charge in [-0.05, 0) is 67.3 Å². The fourth-order valence-corrected chi connectivity index (χ4v) is 3.18. The molecule has 126 valence electrons. The first-order valence-corrected chi connectivity index (χ1v) is 8.64. The molecule has 0 spiro atoms. The SMILES string of the molecule is Cc1ccc(OC(=O)c2ncc(C3CCC(C)CC3)cn2)cc1C. The summed E-state index contributed by atoms with van der Waals surface area (Å²) in [6, 6.07) is 5.58. The Bertz CT molecular complexity index is 717. The normalized spacial score (nSPS) is 20.6. The first-order chi connectivity index (χ1) is 11.5. The minimum atomic E-state index is -0.512. The van der Waals surface area contributed by atoms with Crippen LogP contribution in [0.25, 0.3) is 0 Å². The Morgan fingerprint density at radius 2 is 1.71 bits per heavy atom. The second kappa shape index (κ2) is 7.12. The Kier molecular flexibility index (Phi) is 4.93. The van der Waals surface area contributed by atoms with E-state index in [-0.39, 0.29) is 5.82 Å². The molecule has 1 aromatic carbocycles. The fourth-order valence-electron chi connectivity index (χ4n) is 3.18. The molecule has 1 aliphatic carbocycles. The summed E-state index contributed by atoms with van der Waals surface area (Å²) in [5.74, 6) is 1.46. The van der Waals surface area contributed by atoms with Gasteiger partial charge in [-0.1, -0.05) is 25.8 Å². The Morgan fingerprint density at radius 3 is 2.33 bits per heavy atom. The molecule has 0 N–H and O–H groups in total. The van der Waals surface area contributed by atoms with E-state index in [2.05, 4.69) is 16.9 Å². The van der Waals surface area contributed by atoms with Gasteiger partial charge in [0.2, 0.25) is 5.82 Å². The second-order valence-corrected chi connectivity index (χ2v) is 6.93. The van der Waals surface area contributed by atoms with Crippen LogP contribution in [0.15, 0.2) is 30.6 Å². The molecule has 0 bridgehead atoms. The maximum absolute atomic E-state index is 12.2. The van der Waals surface area contributed by atoms with Crippen molar-refractivity contribution in [3.8, 4) is 5.75 Å². The molecule has 1 aromatic heterocycles. The Labute approximate surface area is 143 Å². The third-order valence-corrected chi connectivity index (χ3v) is 5.03. The number of aromatic nitrogens is 2. The molecular formula is C20H24N2O2. The van der Waals surface area contributed by atoms with Gasteiger partial charge in [-0.2, -0.15) is 0 Å². The topological polar surface area (TPSA) is 52.1 Å². The minimum Gasteiger partial charge on any atom is -0.421 e. The predicted octanol–water partition coefficient (Wildman–Crippen LogP) is 4.61. The molecule has 0 aliphatic heterocycles. The van der Waals surface area contributed by atoms with Crippen LogP contribution in [-0.4, -0.2) is 15.9 Å². The van der Waals surface area contributed by atoms with Crippen molar-refractivity contribution < 1.29 is 9.53 Å². The highest BCUT2D eigenvalue weighted by atomic mass is 16.5. The van der Waals surface area contributed by atoms with Crippen LogP contribution in [0.3, 0.4) is 0 Å². The van der Waals surface area contributed by atoms with Gasteiger partial charge in [0.15, 0.2) is 0 Å². The van der Waals surface area contributed by atoms with Crippen LogP contribution in [0.5, 0.6) is 5.75 Å². The molecule has 0 unspecified atom stereocenters. The highest BCUT2D eigenvalue weighted by Gasteiger charge is 2.21. The molecule has 0 amide bonds. The van der Waals surface area contributed by atoms with Crippen molar-refractivity contribution in [3.63, 3.8) is 0 Å². The highest BCUT2D eigenvalue weighted by Crippen LogP contribution is 2.34. The zero-order valence-corrected chi connectivity index (χ0v) is 14.6. The second-order valence-electron chi connectivity index (χ2n) is 6.93. The highest BCUT2D eigenvalue weighted by molar-refractivity contribution is 5.86. The molecule has 1 aliphatic rings. The van der Waals surface area contributed by atoms with E-state index < -0.39 is 5.97 Å². The van der Waals surface area contributed by atoms with E-state index in [1.54, 1.807) is 18.5 Å². The minimum absolute atomic E-state index is 0.112. The third-order valence-electron chi connectivity index (χ3n) is 5.03. The Hall–Kier alpha value is -2.23. The molecule has 1 fully saturated rings. The smallest absolute Gasteiger partial charge is 0.381 e. The number of carbonyl (C=O) groups is 1. The van der Waals surface area contributed by atoms with Gasteiger partial charge in [0.1, 0.15) is 5.75 Å². The molecule has 0 atom stereocenters. The number of nitrogens with zero attached hydrogens (tertiary/aromatic N) is 2. The number of hydrogen-bond acceptors (Lipinski definition) is 4. The van der Waals surface area contributed by atoms with E-state index in [1.807, 2.05) is 26.0 Å². The van der Waals surface area contributed by atoms with E-state index >= 15 is 0 Å². The van der Waals surface area contributed by atoms with Crippen LogP contribution in [-0.2, 0) is 0 Å². The average molecular weight is 324 g/mol. The Balaban J connectivity index is 1.66. The van der Waals surface area contributed by atoms with Crippen molar-refractivity contribution in [2.24, 2.45) is 5.92 Å². The number of benzene rings is 1. The van der Waals surface area contributed by atoms with Gasteiger partial charge in [-0.15, -0.1) is 0 Å². The first-order valence-electron chi connectivity index (χ1n) is 8.64. The third kappa shape index (κ3) is 3.81. The summed E-state index contributed by atoms with van der Waals surface area (Å²) < 4.78 is 5.37. The molecule has 0 saturated heterocycles. The number of esters is 1. The van der Waals surface area contributed by atoms with Gasteiger partial charge in [-0.3, -0.25) is 0 Å². The van der Waals surface area contributed by atoms with Crippen LogP contribution in [0.2, 0.25) is 0 Å². The molecule has 2 aromatic rings. The quantitative estimate of drug-likeness (QED) is 0.611. The summed E-state index contributed by atoms with van der Waals surface area (Å²) >= 11 is 0. The van der Waals surface area contributed by atoms with Crippen molar-refractivity contribution in [1.29, 1.82) is 0 Å². The molecular weight excluding hydrogens is 300 g/mol. The van der Waals surface area contributed by atoms with Crippen LogP contribution in [0, 0.1) is 19.8 Å². The predicted molar refractivity (Wildman–Crippen MR) is 93.3 cm³/mol. The molecule has 24 heavy (non-hydrogen) atoms. The Morgan fingerprint density at radius 1 is 1.04 bits per heavy atom. The van der Waals surface area contributed by atoms with E-state index in [0.29, 0.717) is 11.7 Å². The van der Waals surface area contributed by atoms with Crippen molar-refractivity contribution in [2.45, 2.75) is 52.4 Å². The lowest BCUT2D eigenvalue weighted by molar-refractivity contribution is 0.0721. The van der Waals surface area contributed by atoms with E-state index in [1.165, 1.54) is 25.7 Å². The molecule has 3 rings (SSSR count). The van der Waals surface area contributed by atoms with Crippen LogP contribution in [0.1, 0.15) is 65.8 Å². The van der Waals surface area contributed by atoms with Crippen LogP contribution >= 0.6 is 0 Å². The largest absolute Gasteiger partial charge is 0.421 e. The lowest BCUT2D eigenvalue weighted by Gasteiger charge is -2.25. The monoisotopic (exact) mass is 324 g/mol. The molecule has 0 radical (unpaired) electrons. The number of ether oxygens (including phenoxy) is 1. The number of rotatable bonds is 3. The molecule has 1 saturated carbocycles. The summed E-state index contributed by atoms with van der Waals surface area (Å²) in [6.07, 6.45) is 8.42. The van der Waals surface area contributed by atoms with E-state index in [9.17, 15) is 4.79 Å². The lowest BCUT2D eigenvalue weighted by Crippen LogP contribution is -2.15. The van der Waals surface area contributed by atoms with Crippen molar-refractivity contribution >= 4 is 5.97 Å². The van der Waals surface area contributed by atoms with Crippen molar-refractivity contribution in [2.75, 3.05) is 0 Å². The van der Waals surface area contributed by atoms with Gasteiger partial charge in [-0.25, -0.2) is 14.8 Å².